The van der Waals surface area contributed by atoms with Crippen LogP contribution in [0.25, 0.3) is 28.1 Å². The molecule has 3 rings (SSSR count). The van der Waals surface area contributed by atoms with Gasteiger partial charge in [0.25, 0.3) is 5.56 Å². The Bertz CT molecular complexity index is 1050. The van der Waals surface area contributed by atoms with Crippen molar-refractivity contribution in [1.82, 2.24) is 9.97 Å². The lowest BCUT2D eigenvalue weighted by Gasteiger charge is -2.13. The maximum atomic E-state index is 12.1. The van der Waals surface area contributed by atoms with Crippen LogP contribution in [-0.2, 0) is 0 Å². The molecule has 0 radical (unpaired) electrons. The minimum Gasteiger partial charge on any atom is -0.297 e. The van der Waals surface area contributed by atoms with Gasteiger partial charge in [-0.3, -0.25) is 9.78 Å². The summed E-state index contributed by atoms with van der Waals surface area (Å²) in [4.78, 5) is 18.9. The van der Waals surface area contributed by atoms with E-state index in [-0.39, 0.29) is 10.8 Å². The predicted octanol–water partition coefficient (Wildman–Crippen LogP) is 4.40. The largest absolute Gasteiger partial charge is 0.297 e. The van der Waals surface area contributed by atoms with Crippen molar-refractivity contribution in [2.24, 2.45) is 0 Å². The van der Waals surface area contributed by atoms with Gasteiger partial charge >= 0.3 is 0 Å². The van der Waals surface area contributed by atoms with Crippen LogP contribution in [0.5, 0.6) is 0 Å². The third-order valence-corrected chi connectivity index (χ3v) is 4.06. The van der Waals surface area contributed by atoms with Crippen LogP contribution < -0.4 is 5.56 Å². The molecule has 24 heavy (non-hydrogen) atoms. The smallest absolute Gasteiger partial charge is 0.259 e. The Kier molecular flexibility index (Phi) is 4.20. The normalized spacial score (nSPS) is 11.1. The molecule has 0 aliphatic carbocycles. The van der Waals surface area contributed by atoms with Crippen LogP contribution in [0.3, 0.4) is 0 Å². The zero-order valence-corrected chi connectivity index (χ0v) is 14.0. The molecule has 5 heteroatoms. The summed E-state index contributed by atoms with van der Waals surface area (Å²) < 4.78 is 0. The van der Waals surface area contributed by atoms with Crippen LogP contribution in [-0.4, -0.2) is 9.97 Å². The first-order valence-corrected chi connectivity index (χ1v) is 7.75. The number of halogens is 1. The topological polar surface area (TPSA) is 69.5 Å². The molecule has 0 spiro atoms. The highest BCUT2D eigenvalue weighted by atomic mass is 35.5. The van der Waals surface area contributed by atoms with Gasteiger partial charge in [0.05, 0.1) is 17.0 Å². The fourth-order valence-electron chi connectivity index (χ4n) is 2.99. The molecule has 3 aromatic rings. The Morgan fingerprint density at radius 1 is 1.25 bits per heavy atom. The molecule has 118 valence electrons. The quantitative estimate of drug-likeness (QED) is 0.557. The SMILES string of the molecule is Cc1cc(C=CC#N)cc(C)c1-c1cccc2c(=O)[nH]c(Cl)nc12. The number of hydrogen-bond donors (Lipinski definition) is 1. The third kappa shape index (κ3) is 2.82. The zero-order valence-electron chi connectivity index (χ0n) is 13.2. The fourth-order valence-corrected chi connectivity index (χ4v) is 3.16. The molecule has 0 aliphatic rings. The number of benzene rings is 2. The molecule has 1 N–H and O–H groups in total. The van der Waals surface area contributed by atoms with Gasteiger partial charge < -0.3 is 0 Å². The minimum atomic E-state index is -0.254. The number of aromatic nitrogens is 2. The van der Waals surface area contributed by atoms with Gasteiger partial charge in [-0.15, -0.1) is 0 Å². The molecule has 0 aliphatic heterocycles. The monoisotopic (exact) mass is 335 g/mol. The summed E-state index contributed by atoms with van der Waals surface area (Å²) in [6.07, 6.45) is 3.22. The van der Waals surface area contributed by atoms with Crippen LogP contribution in [0.4, 0.5) is 0 Å². The van der Waals surface area contributed by atoms with Gasteiger partial charge in [0.2, 0.25) is 5.28 Å². The van der Waals surface area contributed by atoms with Crippen molar-refractivity contribution in [3.63, 3.8) is 0 Å². The van der Waals surface area contributed by atoms with E-state index in [0.29, 0.717) is 10.9 Å². The molecule has 2 aromatic carbocycles. The average Bonchev–Trinajstić information content (AvgIpc) is 2.52. The van der Waals surface area contributed by atoms with E-state index in [4.69, 9.17) is 16.9 Å². The number of nitrogens with one attached hydrogen (secondary N) is 1. The predicted molar refractivity (Wildman–Crippen MR) is 96.9 cm³/mol. The number of hydrogen-bond acceptors (Lipinski definition) is 3. The Balaban J connectivity index is 2.31. The molecular formula is C19H14ClN3O. The van der Waals surface area contributed by atoms with E-state index in [2.05, 4.69) is 9.97 Å². The highest BCUT2D eigenvalue weighted by Crippen LogP contribution is 2.32. The first-order valence-electron chi connectivity index (χ1n) is 7.37. The van der Waals surface area contributed by atoms with Crippen LogP contribution in [0.2, 0.25) is 5.28 Å². The molecule has 0 bridgehead atoms. The van der Waals surface area contributed by atoms with Crippen LogP contribution in [0, 0.1) is 25.2 Å². The molecule has 0 unspecified atom stereocenters. The summed E-state index contributed by atoms with van der Waals surface area (Å²) in [5.41, 5.74) is 5.25. The van der Waals surface area contributed by atoms with Gasteiger partial charge in [0.1, 0.15) is 0 Å². The van der Waals surface area contributed by atoms with Crippen molar-refractivity contribution in [3.05, 3.63) is 68.7 Å². The van der Waals surface area contributed by atoms with Gasteiger partial charge in [-0.25, -0.2) is 4.98 Å². The summed E-state index contributed by atoms with van der Waals surface area (Å²) in [6.45, 7) is 4.00. The van der Waals surface area contributed by atoms with Crippen molar-refractivity contribution in [1.29, 1.82) is 5.26 Å². The Labute approximate surface area is 144 Å². The summed E-state index contributed by atoms with van der Waals surface area (Å²) >= 11 is 5.94. The first-order chi connectivity index (χ1) is 11.5. The van der Waals surface area contributed by atoms with Gasteiger partial charge in [0.15, 0.2) is 0 Å². The second-order valence-corrected chi connectivity index (χ2v) is 5.91. The average molecular weight is 336 g/mol. The van der Waals surface area contributed by atoms with E-state index in [1.54, 1.807) is 12.1 Å². The van der Waals surface area contributed by atoms with E-state index >= 15 is 0 Å². The molecule has 1 aromatic heterocycles. The van der Waals surface area contributed by atoms with Crippen molar-refractivity contribution in [2.45, 2.75) is 13.8 Å². The maximum absolute atomic E-state index is 12.1. The number of rotatable bonds is 2. The number of para-hydroxylation sites is 1. The zero-order chi connectivity index (χ0) is 17.3. The summed E-state index contributed by atoms with van der Waals surface area (Å²) in [7, 11) is 0. The van der Waals surface area contributed by atoms with E-state index in [9.17, 15) is 4.79 Å². The Morgan fingerprint density at radius 3 is 2.62 bits per heavy atom. The summed E-state index contributed by atoms with van der Waals surface area (Å²) in [5.74, 6) is 0. The molecule has 0 saturated carbocycles. The molecule has 0 atom stereocenters. The molecule has 1 heterocycles. The lowest BCUT2D eigenvalue weighted by atomic mass is 9.92. The molecule has 0 fully saturated rings. The van der Waals surface area contributed by atoms with Crippen LogP contribution >= 0.6 is 11.6 Å². The molecular weight excluding hydrogens is 322 g/mol. The van der Waals surface area contributed by atoms with Crippen LogP contribution in [0.15, 0.2) is 41.2 Å². The van der Waals surface area contributed by atoms with Crippen LogP contribution in [0.1, 0.15) is 16.7 Å². The third-order valence-electron chi connectivity index (χ3n) is 3.88. The first kappa shape index (κ1) is 16.0. The second-order valence-electron chi connectivity index (χ2n) is 5.55. The standard InChI is InChI=1S/C19H14ClN3O/c1-11-9-13(5-4-8-21)10-12(2)16(11)14-6-3-7-15-17(14)22-19(20)23-18(15)24/h3-7,9-10H,1-2H3,(H,22,23,24). The van der Waals surface area contributed by atoms with Crippen molar-refractivity contribution >= 4 is 28.6 Å². The Hall–Kier alpha value is -2.90. The van der Waals surface area contributed by atoms with E-state index < -0.39 is 0 Å². The maximum Gasteiger partial charge on any atom is 0.259 e. The molecule has 0 amide bonds. The van der Waals surface area contributed by atoms with Gasteiger partial charge in [0, 0.05) is 11.6 Å². The highest BCUT2D eigenvalue weighted by Gasteiger charge is 2.13. The molecule has 4 nitrogen and oxygen atoms in total. The van der Waals surface area contributed by atoms with Gasteiger partial charge in [-0.2, -0.15) is 5.26 Å². The van der Waals surface area contributed by atoms with E-state index in [1.165, 1.54) is 6.08 Å². The van der Waals surface area contributed by atoms with Gasteiger partial charge in [-0.1, -0.05) is 24.3 Å². The number of H-pyrrole nitrogens is 1. The lowest BCUT2D eigenvalue weighted by molar-refractivity contribution is 1.17. The second kappa shape index (κ2) is 6.31. The fraction of sp³-hybridized carbons (Fsp3) is 0.105. The highest BCUT2D eigenvalue weighted by molar-refractivity contribution is 6.28. The number of allylic oxidation sites excluding steroid dienone is 1. The lowest BCUT2D eigenvalue weighted by Crippen LogP contribution is -2.08. The molecule has 0 saturated heterocycles. The van der Waals surface area contributed by atoms with E-state index in [1.807, 2.05) is 44.2 Å². The minimum absolute atomic E-state index is 0.0730. The van der Waals surface area contributed by atoms with Crippen molar-refractivity contribution in [2.75, 3.05) is 0 Å². The number of aryl methyl sites for hydroxylation is 2. The van der Waals surface area contributed by atoms with E-state index in [0.717, 1.165) is 27.8 Å². The summed E-state index contributed by atoms with van der Waals surface area (Å²) in [6, 6.07) is 11.5. The number of nitrogens with zero attached hydrogens (tertiary/aromatic N) is 2. The van der Waals surface area contributed by atoms with Crippen molar-refractivity contribution in [3.8, 4) is 17.2 Å². The van der Waals surface area contributed by atoms with Gasteiger partial charge in [-0.05, 0) is 59.8 Å². The van der Waals surface area contributed by atoms with Crippen molar-refractivity contribution < 1.29 is 0 Å². The Morgan fingerprint density at radius 2 is 1.96 bits per heavy atom. The summed E-state index contributed by atoms with van der Waals surface area (Å²) in [5, 5.41) is 9.26. The number of fused-ring (bicyclic) bond motifs is 1. The number of nitriles is 1. The number of aromatic amines is 1.